The zero-order valence-corrected chi connectivity index (χ0v) is 25.1. The Morgan fingerprint density at radius 3 is 1.74 bits per heavy atom. The average molecular weight is 658 g/mol. The normalized spacial score (nSPS) is 9.87. The van der Waals surface area contributed by atoms with Crippen LogP contribution in [0.3, 0.4) is 0 Å². The minimum absolute atomic E-state index is 0.255. The van der Waals surface area contributed by atoms with Crippen molar-refractivity contribution < 1.29 is 29.1 Å². The number of hydrogen-bond acceptors (Lipinski definition) is 8. The van der Waals surface area contributed by atoms with Crippen LogP contribution in [0, 0.1) is 0 Å². The molecule has 0 unspecified atom stereocenters. The van der Waals surface area contributed by atoms with Gasteiger partial charge in [0.1, 0.15) is 0 Å². The van der Waals surface area contributed by atoms with Crippen LogP contribution in [-0.4, -0.2) is 42.3 Å². The van der Waals surface area contributed by atoms with Crippen molar-refractivity contribution in [3.63, 3.8) is 0 Å². The molecule has 0 aliphatic heterocycles. The van der Waals surface area contributed by atoms with Crippen LogP contribution in [0.2, 0.25) is 10.0 Å². The lowest BCUT2D eigenvalue weighted by atomic mass is 9.81. The van der Waals surface area contributed by atoms with E-state index in [9.17, 15) is 9.59 Å². The first-order valence-electron chi connectivity index (χ1n) is 11.2. The quantitative estimate of drug-likeness (QED) is 0.172. The summed E-state index contributed by atoms with van der Waals surface area (Å²) in [5.74, 6) is -0.529. The van der Waals surface area contributed by atoms with Crippen LogP contribution in [0.4, 0.5) is 0 Å². The highest BCUT2D eigenvalue weighted by molar-refractivity contribution is 9.11. The maximum absolute atomic E-state index is 11.5. The Morgan fingerprint density at radius 1 is 0.816 bits per heavy atom. The molecular weight excluding hydrogens is 634 g/mol. The largest absolute Gasteiger partial charge is 0.488 e. The monoisotopic (exact) mass is 656 g/mol. The Kier molecular flexibility index (Phi) is 14.1. The van der Waals surface area contributed by atoms with Crippen LogP contribution in [-0.2, 0) is 9.47 Å². The standard InChI is InChI=1S/C13H11ClO2S.C7H7BrO2S.C6H6BClO2/c1-2-16-13(15)10-7-12(17-8-10)9-3-5-11(14)6-4-9;1-2-10-7(9)5-3-6(8)11-4-5;8-6-3-1-5(2-4-6)7(9)10/h3-8H,2H2,1H3;3-4H,2H2,1H3;1-4,9-10H. The second-order valence-electron chi connectivity index (χ2n) is 7.21. The summed E-state index contributed by atoms with van der Waals surface area (Å²) in [7, 11) is -1.41. The van der Waals surface area contributed by atoms with Gasteiger partial charge in [-0.05, 0) is 77.2 Å². The first-order valence-corrected chi connectivity index (χ1v) is 14.5. The summed E-state index contributed by atoms with van der Waals surface area (Å²) >= 11 is 17.6. The molecule has 0 bridgehead atoms. The van der Waals surface area contributed by atoms with Crippen molar-refractivity contribution in [2.45, 2.75) is 13.8 Å². The summed E-state index contributed by atoms with van der Waals surface area (Å²) < 4.78 is 10.7. The summed E-state index contributed by atoms with van der Waals surface area (Å²) in [6.45, 7) is 4.40. The third-order valence-electron chi connectivity index (χ3n) is 4.49. The van der Waals surface area contributed by atoms with Gasteiger partial charge in [-0.1, -0.05) is 47.5 Å². The summed E-state index contributed by atoms with van der Waals surface area (Å²) in [6.07, 6.45) is 0. The fraction of sp³-hybridized carbons (Fsp3) is 0.154. The van der Waals surface area contributed by atoms with E-state index in [1.165, 1.54) is 22.7 Å². The molecule has 2 aromatic heterocycles. The summed E-state index contributed by atoms with van der Waals surface area (Å²) in [4.78, 5) is 23.6. The van der Waals surface area contributed by atoms with E-state index in [2.05, 4.69) is 15.9 Å². The van der Waals surface area contributed by atoms with Gasteiger partial charge in [0.2, 0.25) is 0 Å². The Labute approximate surface area is 248 Å². The highest BCUT2D eigenvalue weighted by Crippen LogP contribution is 2.28. The van der Waals surface area contributed by atoms with E-state index < -0.39 is 7.12 Å². The number of carbonyl (C=O) groups excluding carboxylic acids is 2. The molecule has 2 heterocycles. The smallest absolute Gasteiger partial charge is 0.462 e. The SMILES string of the molecule is CCOC(=O)c1csc(-c2ccc(Cl)cc2)c1.CCOC(=O)c1csc(Br)c1.OB(O)c1ccc(Cl)cc1. The van der Waals surface area contributed by atoms with Gasteiger partial charge < -0.3 is 19.5 Å². The molecule has 0 radical (unpaired) electrons. The van der Waals surface area contributed by atoms with E-state index in [0.717, 1.165) is 14.2 Å². The van der Waals surface area contributed by atoms with Crippen molar-refractivity contribution >= 4 is 86.3 Å². The number of rotatable bonds is 6. The van der Waals surface area contributed by atoms with Gasteiger partial charge in [0.05, 0.1) is 28.1 Å². The van der Waals surface area contributed by atoms with Crippen LogP contribution in [0.5, 0.6) is 0 Å². The number of esters is 2. The fourth-order valence-electron chi connectivity index (χ4n) is 2.69. The molecule has 2 N–H and O–H groups in total. The molecular formula is C26H24BBrCl2O6S2. The van der Waals surface area contributed by atoms with Crippen LogP contribution in [0.1, 0.15) is 34.6 Å². The molecule has 6 nitrogen and oxygen atoms in total. The third kappa shape index (κ3) is 10.9. The minimum Gasteiger partial charge on any atom is -0.462 e. The highest BCUT2D eigenvalue weighted by atomic mass is 79.9. The molecule has 200 valence electrons. The number of thiophene rings is 2. The van der Waals surface area contributed by atoms with E-state index >= 15 is 0 Å². The van der Waals surface area contributed by atoms with Crippen LogP contribution >= 0.6 is 61.8 Å². The first-order chi connectivity index (χ1) is 18.1. The first kappa shape index (κ1) is 32.0. The Hall–Kier alpha value is -2.18. The summed E-state index contributed by atoms with van der Waals surface area (Å²) in [6, 6.07) is 17.5. The molecule has 0 fully saturated rings. The summed E-state index contributed by atoms with van der Waals surface area (Å²) in [5, 5.41) is 22.1. The molecule has 0 saturated carbocycles. The van der Waals surface area contributed by atoms with Crippen molar-refractivity contribution in [2.24, 2.45) is 0 Å². The van der Waals surface area contributed by atoms with E-state index in [1.807, 2.05) is 35.7 Å². The van der Waals surface area contributed by atoms with Gasteiger partial charge >= 0.3 is 19.1 Å². The van der Waals surface area contributed by atoms with Crippen LogP contribution < -0.4 is 5.46 Å². The number of carbonyl (C=O) groups is 2. The predicted molar refractivity (Wildman–Crippen MR) is 160 cm³/mol. The molecule has 0 saturated heterocycles. The van der Waals surface area contributed by atoms with Gasteiger partial charge in [0.15, 0.2) is 0 Å². The Bertz CT molecular complexity index is 1290. The van der Waals surface area contributed by atoms with Crippen LogP contribution in [0.15, 0.2) is 75.2 Å². The maximum atomic E-state index is 11.5. The van der Waals surface area contributed by atoms with Gasteiger partial charge in [-0.15, -0.1) is 22.7 Å². The number of halogens is 3. The average Bonchev–Trinajstić information content (AvgIpc) is 3.56. The molecule has 0 amide bonds. The van der Waals surface area contributed by atoms with E-state index in [0.29, 0.717) is 39.8 Å². The van der Waals surface area contributed by atoms with Crippen molar-refractivity contribution in [1.82, 2.24) is 0 Å². The lowest BCUT2D eigenvalue weighted by Gasteiger charge is -1.98. The second kappa shape index (κ2) is 16.7. The highest BCUT2D eigenvalue weighted by Gasteiger charge is 2.11. The van der Waals surface area contributed by atoms with Crippen LogP contribution in [0.25, 0.3) is 10.4 Å². The Balaban J connectivity index is 0.000000211. The zero-order chi connectivity index (χ0) is 28.1. The Morgan fingerprint density at radius 2 is 1.29 bits per heavy atom. The molecule has 4 aromatic rings. The van der Waals surface area contributed by atoms with E-state index in [1.54, 1.807) is 49.6 Å². The molecule has 12 heteroatoms. The molecule has 0 aliphatic rings. The van der Waals surface area contributed by atoms with Crippen molar-refractivity contribution in [1.29, 1.82) is 0 Å². The van der Waals surface area contributed by atoms with Crippen molar-refractivity contribution in [2.75, 3.05) is 13.2 Å². The van der Waals surface area contributed by atoms with Gasteiger partial charge in [-0.2, -0.15) is 0 Å². The molecule has 0 aliphatic carbocycles. The van der Waals surface area contributed by atoms with E-state index in [-0.39, 0.29) is 11.9 Å². The minimum atomic E-state index is -1.41. The lowest BCUT2D eigenvalue weighted by molar-refractivity contribution is 0.0517. The summed E-state index contributed by atoms with van der Waals surface area (Å²) in [5.41, 5.74) is 2.71. The van der Waals surface area contributed by atoms with Crippen molar-refractivity contribution in [3.05, 3.63) is 96.4 Å². The molecule has 0 spiro atoms. The number of benzene rings is 2. The molecule has 4 rings (SSSR count). The lowest BCUT2D eigenvalue weighted by Crippen LogP contribution is -2.29. The number of hydrogen-bond donors (Lipinski definition) is 2. The van der Waals surface area contributed by atoms with E-state index in [4.69, 9.17) is 42.7 Å². The fourth-order valence-corrected chi connectivity index (χ4v) is 4.95. The van der Waals surface area contributed by atoms with Gasteiger partial charge in [-0.3, -0.25) is 0 Å². The van der Waals surface area contributed by atoms with Gasteiger partial charge in [0, 0.05) is 25.7 Å². The topological polar surface area (TPSA) is 93.1 Å². The molecule has 38 heavy (non-hydrogen) atoms. The molecule has 0 atom stereocenters. The van der Waals surface area contributed by atoms with Gasteiger partial charge in [-0.25, -0.2) is 9.59 Å². The maximum Gasteiger partial charge on any atom is 0.488 e. The van der Waals surface area contributed by atoms with Gasteiger partial charge in [0.25, 0.3) is 0 Å². The molecule has 2 aromatic carbocycles. The second-order valence-corrected chi connectivity index (χ2v) is 11.3. The van der Waals surface area contributed by atoms with Crippen molar-refractivity contribution in [3.8, 4) is 10.4 Å². The third-order valence-corrected chi connectivity index (χ3v) is 7.47. The number of ether oxygens (including phenoxy) is 2. The zero-order valence-electron chi connectivity index (χ0n) is 20.4. The predicted octanol–water partition coefficient (Wildman–Crippen LogP) is 6.95.